The van der Waals surface area contributed by atoms with E-state index in [1.165, 1.54) is 4.31 Å². The molecule has 0 unspecified atom stereocenters. The molecule has 2 rings (SSSR count). The standard InChI is InChI=1S/C12H17NO4S2/c1-10-3-4-12(11(2)9-10)19(16,17)13-5-7-18(14,15)8-6-13/h3-4,9H,5-8H2,1-2H3. The molecule has 19 heavy (non-hydrogen) atoms. The molecule has 0 N–H and O–H groups in total. The van der Waals surface area contributed by atoms with Gasteiger partial charge in [0.2, 0.25) is 10.0 Å². The van der Waals surface area contributed by atoms with Crippen molar-refractivity contribution in [1.29, 1.82) is 0 Å². The number of nitrogens with zero attached hydrogens (tertiary/aromatic N) is 1. The Kier molecular flexibility index (Phi) is 3.72. The van der Waals surface area contributed by atoms with Crippen LogP contribution in [-0.2, 0) is 19.9 Å². The van der Waals surface area contributed by atoms with Gasteiger partial charge in [-0.25, -0.2) is 16.8 Å². The minimum absolute atomic E-state index is 0.0397. The monoisotopic (exact) mass is 303 g/mol. The summed E-state index contributed by atoms with van der Waals surface area (Å²) in [6.45, 7) is 3.73. The Labute approximate surface area is 114 Å². The first-order chi connectivity index (χ1) is 8.72. The molecule has 0 atom stereocenters. The number of hydrogen-bond donors (Lipinski definition) is 0. The van der Waals surface area contributed by atoms with Crippen LogP contribution in [0.2, 0.25) is 0 Å². The van der Waals surface area contributed by atoms with E-state index < -0.39 is 19.9 Å². The summed E-state index contributed by atoms with van der Waals surface area (Å²) < 4.78 is 48.9. The first kappa shape index (κ1) is 14.5. The Hall–Kier alpha value is -0.920. The Balaban J connectivity index is 2.33. The van der Waals surface area contributed by atoms with Gasteiger partial charge in [0, 0.05) is 13.1 Å². The molecule has 1 fully saturated rings. The number of sulfonamides is 1. The summed E-state index contributed by atoms with van der Waals surface area (Å²) in [6.07, 6.45) is 0. The van der Waals surface area contributed by atoms with Crippen molar-refractivity contribution in [2.24, 2.45) is 0 Å². The molecule has 0 spiro atoms. The number of benzene rings is 1. The molecule has 5 nitrogen and oxygen atoms in total. The highest BCUT2D eigenvalue weighted by molar-refractivity contribution is 7.92. The molecule has 0 aromatic heterocycles. The van der Waals surface area contributed by atoms with E-state index in [2.05, 4.69) is 0 Å². The number of hydrogen-bond acceptors (Lipinski definition) is 4. The molecule has 1 saturated heterocycles. The van der Waals surface area contributed by atoms with Gasteiger partial charge in [0.1, 0.15) is 0 Å². The van der Waals surface area contributed by atoms with Gasteiger partial charge in [-0.05, 0) is 25.5 Å². The third kappa shape index (κ3) is 2.98. The van der Waals surface area contributed by atoms with Crippen molar-refractivity contribution in [2.75, 3.05) is 24.6 Å². The molecule has 1 heterocycles. The SMILES string of the molecule is Cc1ccc(S(=O)(=O)N2CCS(=O)(=O)CC2)c(C)c1. The van der Waals surface area contributed by atoms with Crippen LogP contribution in [0.5, 0.6) is 0 Å². The van der Waals surface area contributed by atoms with Crippen molar-refractivity contribution in [3.05, 3.63) is 29.3 Å². The number of sulfone groups is 1. The van der Waals surface area contributed by atoms with Gasteiger partial charge in [-0.2, -0.15) is 4.31 Å². The lowest BCUT2D eigenvalue weighted by molar-refractivity contribution is 0.430. The van der Waals surface area contributed by atoms with Crippen molar-refractivity contribution in [3.63, 3.8) is 0 Å². The topological polar surface area (TPSA) is 71.5 Å². The first-order valence-electron chi connectivity index (χ1n) is 6.00. The van der Waals surface area contributed by atoms with E-state index >= 15 is 0 Å². The predicted molar refractivity (Wildman–Crippen MR) is 73.3 cm³/mol. The third-order valence-electron chi connectivity index (χ3n) is 3.25. The van der Waals surface area contributed by atoms with Gasteiger partial charge in [-0.3, -0.25) is 0 Å². The molecule has 0 bridgehead atoms. The van der Waals surface area contributed by atoms with E-state index in [1.807, 2.05) is 13.0 Å². The normalized spacial score (nSPS) is 20.3. The molecule has 1 aliphatic heterocycles. The van der Waals surface area contributed by atoms with Gasteiger partial charge >= 0.3 is 0 Å². The Morgan fingerprint density at radius 2 is 1.68 bits per heavy atom. The molecular weight excluding hydrogens is 286 g/mol. The molecule has 106 valence electrons. The van der Waals surface area contributed by atoms with E-state index in [0.29, 0.717) is 5.56 Å². The van der Waals surface area contributed by atoms with Crippen molar-refractivity contribution >= 4 is 19.9 Å². The Morgan fingerprint density at radius 1 is 1.11 bits per heavy atom. The van der Waals surface area contributed by atoms with Gasteiger partial charge in [0.25, 0.3) is 0 Å². The van der Waals surface area contributed by atoms with Crippen LogP contribution in [0.1, 0.15) is 11.1 Å². The summed E-state index contributed by atoms with van der Waals surface area (Å²) in [5.41, 5.74) is 1.69. The second-order valence-electron chi connectivity index (χ2n) is 4.82. The van der Waals surface area contributed by atoms with Crippen LogP contribution in [0.3, 0.4) is 0 Å². The maximum absolute atomic E-state index is 12.5. The smallest absolute Gasteiger partial charge is 0.229 e. The van der Waals surface area contributed by atoms with Gasteiger partial charge in [-0.1, -0.05) is 17.7 Å². The summed E-state index contributed by atoms with van der Waals surface area (Å²) in [5, 5.41) is 0. The molecule has 1 aromatic carbocycles. The second-order valence-corrected chi connectivity index (χ2v) is 9.03. The average molecular weight is 303 g/mol. The zero-order valence-electron chi connectivity index (χ0n) is 11.0. The van der Waals surface area contributed by atoms with E-state index in [4.69, 9.17) is 0 Å². The van der Waals surface area contributed by atoms with E-state index in [1.54, 1.807) is 19.1 Å². The molecule has 0 amide bonds. The lowest BCUT2D eigenvalue weighted by Crippen LogP contribution is -2.43. The number of rotatable bonds is 2. The van der Waals surface area contributed by atoms with Crippen molar-refractivity contribution in [3.8, 4) is 0 Å². The molecule has 1 aliphatic rings. The summed E-state index contributed by atoms with van der Waals surface area (Å²) in [4.78, 5) is 0.261. The second kappa shape index (κ2) is 4.88. The summed E-state index contributed by atoms with van der Waals surface area (Å²) in [5.74, 6) is -0.200. The Bertz CT molecular complexity index is 678. The van der Waals surface area contributed by atoms with Gasteiger partial charge in [0.05, 0.1) is 16.4 Å². The van der Waals surface area contributed by atoms with Crippen molar-refractivity contribution in [1.82, 2.24) is 4.31 Å². The fraction of sp³-hybridized carbons (Fsp3) is 0.500. The van der Waals surface area contributed by atoms with Gasteiger partial charge < -0.3 is 0 Å². The van der Waals surface area contributed by atoms with Gasteiger partial charge in [0.15, 0.2) is 9.84 Å². The van der Waals surface area contributed by atoms with Crippen LogP contribution in [0, 0.1) is 13.8 Å². The lowest BCUT2D eigenvalue weighted by Gasteiger charge is -2.26. The maximum atomic E-state index is 12.5. The maximum Gasteiger partial charge on any atom is 0.243 e. The highest BCUT2D eigenvalue weighted by Crippen LogP contribution is 2.22. The zero-order valence-corrected chi connectivity index (χ0v) is 12.6. The molecule has 0 aliphatic carbocycles. The highest BCUT2D eigenvalue weighted by Gasteiger charge is 2.31. The quantitative estimate of drug-likeness (QED) is 0.807. The van der Waals surface area contributed by atoms with E-state index in [-0.39, 0.29) is 29.5 Å². The van der Waals surface area contributed by atoms with Crippen molar-refractivity contribution in [2.45, 2.75) is 18.7 Å². The number of aryl methyl sites for hydroxylation is 2. The summed E-state index contributed by atoms with van der Waals surface area (Å²) in [6, 6.07) is 5.15. The van der Waals surface area contributed by atoms with Gasteiger partial charge in [-0.15, -0.1) is 0 Å². The summed E-state index contributed by atoms with van der Waals surface area (Å²) in [7, 11) is -6.67. The lowest BCUT2D eigenvalue weighted by atomic mass is 10.2. The van der Waals surface area contributed by atoms with Crippen LogP contribution < -0.4 is 0 Å². The minimum atomic E-state index is -3.59. The molecule has 1 aromatic rings. The molecular formula is C12H17NO4S2. The van der Waals surface area contributed by atoms with Crippen LogP contribution in [-0.4, -0.2) is 45.7 Å². The van der Waals surface area contributed by atoms with Crippen LogP contribution in [0.25, 0.3) is 0 Å². The first-order valence-corrected chi connectivity index (χ1v) is 9.26. The van der Waals surface area contributed by atoms with Crippen LogP contribution in [0.4, 0.5) is 0 Å². The highest BCUT2D eigenvalue weighted by atomic mass is 32.2. The fourth-order valence-electron chi connectivity index (χ4n) is 2.16. The predicted octanol–water partition coefficient (Wildman–Crippen LogP) is 0.723. The molecule has 7 heteroatoms. The Morgan fingerprint density at radius 3 is 2.21 bits per heavy atom. The van der Waals surface area contributed by atoms with E-state index in [9.17, 15) is 16.8 Å². The third-order valence-corrected chi connectivity index (χ3v) is 6.92. The van der Waals surface area contributed by atoms with Crippen LogP contribution in [0.15, 0.2) is 23.1 Å². The fourth-order valence-corrected chi connectivity index (χ4v) is 5.24. The van der Waals surface area contributed by atoms with Crippen LogP contribution >= 0.6 is 0 Å². The minimum Gasteiger partial charge on any atom is -0.229 e. The molecule has 0 radical (unpaired) electrons. The van der Waals surface area contributed by atoms with E-state index in [0.717, 1.165) is 5.56 Å². The average Bonchev–Trinajstić information content (AvgIpc) is 2.27. The largest absolute Gasteiger partial charge is 0.243 e. The summed E-state index contributed by atoms with van der Waals surface area (Å²) >= 11 is 0. The molecule has 0 saturated carbocycles. The van der Waals surface area contributed by atoms with Crippen molar-refractivity contribution < 1.29 is 16.8 Å². The zero-order chi connectivity index (χ0) is 14.3.